The van der Waals surface area contributed by atoms with E-state index in [-0.39, 0.29) is 34.5 Å². The first-order valence-electron chi connectivity index (χ1n) is 10.8. The van der Waals surface area contributed by atoms with E-state index < -0.39 is 46.0 Å². The Morgan fingerprint density at radius 2 is 1.84 bits per heavy atom. The number of aromatic nitrogens is 2. The fourth-order valence-electron chi connectivity index (χ4n) is 3.80. The molecule has 1 amide bonds. The Kier molecular flexibility index (Phi) is 7.80. The zero-order valence-electron chi connectivity index (χ0n) is 18.8. The molecule has 1 fully saturated rings. The van der Waals surface area contributed by atoms with Crippen molar-refractivity contribution in [2.24, 2.45) is 0 Å². The maximum Gasteiger partial charge on any atom is 0.446 e. The van der Waals surface area contributed by atoms with Crippen LogP contribution in [-0.4, -0.2) is 52.9 Å². The van der Waals surface area contributed by atoms with Gasteiger partial charge in [-0.25, -0.2) is 27.2 Å². The smallest absolute Gasteiger partial charge is 0.349 e. The molecule has 14 heteroatoms. The molecule has 0 bridgehead atoms. The van der Waals surface area contributed by atoms with Gasteiger partial charge in [0.25, 0.3) is 0 Å². The lowest BCUT2D eigenvalue weighted by Gasteiger charge is -2.23. The van der Waals surface area contributed by atoms with Crippen LogP contribution in [-0.2, 0) is 21.4 Å². The lowest BCUT2D eigenvalue weighted by atomic mass is 10.1. The van der Waals surface area contributed by atoms with Gasteiger partial charge in [-0.15, -0.1) is 0 Å². The van der Waals surface area contributed by atoms with Crippen LogP contribution in [0.2, 0.25) is 0 Å². The Labute approximate surface area is 213 Å². The van der Waals surface area contributed by atoms with Crippen molar-refractivity contribution in [2.45, 2.75) is 40.5 Å². The van der Waals surface area contributed by atoms with E-state index in [0.29, 0.717) is 21.3 Å². The minimum absolute atomic E-state index is 0.0123. The van der Waals surface area contributed by atoms with E-state index in [0.717, 1.165) is 18.2 Å². The summed E-state index contributed by atoms with van der Waals surface area (Å²) in [5.41, 5.74) is -3.16. The predicted octanol–water partition coefficient (Wildman–Crippen LogP) is 4.31. The summed E-state index contributed by atoms with van der Waals surface area (Å²) in [6.07, 6.45) is -0.732. The molecule has 2 atom stereocenters. The number of halogens is 5. The van der Waals surface area contributed by atoms with Gasteiger partial charge in [0.1, 0.15) is 24.4 Å². The van der Waals surface area contributed by atoms with Crippen LogP contribution in [0.5, 0.6) is 0 Å². The van der Waals surface area contributed by atoms with Crippen LogP contribution in [0.4, 0.5) is 22.0 Å². The summed E-state index contributed by atoms with van der Waals surface area (Å²) in [5, 5.41) is 2.54. The lowest BCUT2D eigenvalue weighted by Crippen LogP contribution is -2.45. The van der Waals surface area contributed by atoms with Gasteiger partial charge in [-0.3, -0.25) is 4.79 Å². The Hall–Kier alpha value is -3.10. The van der Waals surface area contributed by atoms with Crippen LogP contribution >= 0.6 is 11.8 Å². The first kappa shape index (κ1) is 26.9. The fraction of sp³-hybridized carbons (Fsp3) is 0.261. The molecule has 7 nitrogen and oxygen atoms in total. The number of carbonyl (C=O) groups excluding carboxylic acids is 1. The highest BCUT2D eigenvalue weighted by atomic mass is 32.2. The molecule has 0 radical (unpaired) electrons. The topological polar surface area (TPSA) is 92.3 Å². The van der Waals surface area contributed by atoms with Crippen LogP contribution in [0.25, 0.3) is 11.3 Å². The summed E-state index contributed by atoms with van der Waals surface area (Å²) in [6.45, 7) is -0.686. The van der Waals surface area contributed by atoms with Crippen LogP contribution in [0, 0.1) is 5.82 Å². The molecule has 0 aliphatic carbocycles. The SMILES string of the molecule is O=C(NCc1cc(-c2ccc(SC(F)(F)F)cc2)ncn1)[C@@H]1C[C@@H](F)CN1S(=O)(=O)c1cccc(F)c1. The zero-order chi connectivity index (χ0) is 26.8. The van der Waals surface area contributed by atoms with Gasteiger partial charge in [0, 0.05) is 23.4 Å². The third-order valence-corrected chi connectivity index (χ3v) is 8.07. The highest BCUT2D eigenvalue weighted by Gasteiger charge is 2.44. The van der Waals surface area contributed by atoms with Crippen molar-refractivity contribution in [2.75, 3.05) is 6.54 Å². The number of nitrogens with zero attached hydrogens (tertiary/aromatic N) is 3. The van der Waals surface area contributed by atoms with Crippen LogP contribution in [0.15, 0.2) is 70.7 Å². The Morgan fingerprint density at radius 3 is 2.51 bits per heavy atom. The Bertz CT molecular complexity index is 1390. The van der Waals surface area contributed by atoms with E-state index in [1.807, 2.05) is 0 Å². The summed E-state index contributed by atoms with van der Waals surface area (Å²) in [5.74, 6) is -1.54. The third-order valence-electron chi connectivity index (χ3n) is 5.46. The van der Waals surface area contributed by atoms with Crippen LogP contribution in [0.1, 0.15) is 12.1 Å². The van der Waals surface area contributed by atoms with Crippen molar-refractivity contribution in [1.82, 2.24) is 19.6 Å². The quantitative estimate of drug-likeness (QED) is 0.343. The number of nitrogens with one attached hydrogen (secondary N) is 1. The normalized spacial score (nSPS) is 18.6. The second kappa shape index (κ2) is 10.7. The van der Waals surface area contributed by atoms with Gasteiger partial charge in [0.2, 0.25) is 15.9 Å². The van der Waals surface area contributed by atoms with Gasteiger partial charge >= 0.3 is 5.51 Å². The molecule has 1 aliphatic rings. The van der Waals surface area contributed by atoms with E-state index in [4.69, 9.17) is 0 Å². The summed E-state index contributed by atoms with van der Waals surface area (Å²) < 4.78 is 92.0. The minimum atomic E-state index is -4.41. The predicted molar refractivity (Wildman–Crippen MR) is 125 cm³/mol. The molecule has 37 heavy (non-hydrogen) atoms. The molecule has 3 aromatic rings. The number of carbonyl (C=O) groups is 1. The van der Waals surface area contributed by atoms with E-state index in [1.165, 1.54) is 42.7 Å². The van der Waals surface area contributed by atoms with Crippen molar-refractivity contribution in [3.05, 3.63) is 72.4 Å². The fourth-order valence-corrected chi connectivity index (χ4v) is 6.00. The van der Waals surface area contributed by atoms with E-state index in [1.54, 1.807) is 0 Å². The average Bonchev–Trinajstić information content (AvgIpc) is 3.25. The Morgan fingerprint density at radius 1 is 1.11 bits per heavy atom. The third kappa shape index (κ3) is 6.62. The maximum absolute atomic E-state index is 14.2. The summed E-state index contributed by atoms with van der Waals surface area (Å²) in [4.78, 5) is 20.6. The maximum atomic E-state index is 14.2. The average molecular weight is 559 g/mol. The molecule has 2 aromatic carbocycles. The van der Waals surface area contributed by atoms with Gasteiger partial charge < -0.3 is 5.32 Å². The number of hydrogen-bond donors (Lipinski definition) is 1. The van der Waals surface area contributed by atoms with Crippen LogP contribution in [0.3, 0.4) is 0 Å². The summed E-state index contributed by atoms with van der Waals surface area (Å²) >= 11 is -0.240. The summed E-state index contributed by atoms with van der Waals surface area (Å²) in [7, 11) is -4.33. The second-order valence-electron chi connectivity index (χ2n) is 8.07. The molecular formula is C23H19F5N4O3S2. The first-order chi connectivity index (χ1) is 17.4. The van der Waals surface area contributed by atoms with E-state index >= 15 is 0 Å². The molecule has 1 saturated heterocycles. The van der Waals surface area contributed by atoms with Crippen molar-refractivity contribution in [1.29, 1.82) is 0 Å². The molecule has 196 valence electrons. The zero-order valence-corrected chi connectivity index (χ0v) is 20.5. The molecule has 1 N–H and O–H groups in total. The highest BCUT2D eigenvalue weighted by Crippen LogP contribution is 2.37. The highest BCUT2D eigenvalue weighted by molar-refractivity contribution is 8.00. The molecule has 2 heterocycles. The molecule has 1 aromatic heterocycles. The molecule has 0 unspecified atom stereocenters. The summed E-state index contributed by atoms with van der Waals surface area (Å²) in [6, 6.07) is 9.94. The van der Waals surface area contributed by atoms with Gasteiger partial charge in [0.15, 0.2) is 0 Å². The number of sulfonamides is 1. The minimum Gasteiger partial charge on any atom is -0.349 e. The van der Waals surface area contributed by atoms with Crippen molar-refractivity contribution < 1.29 is 35.2 Å². The lowest BCUT2D eigenvalue weighted by molar-refractivity contribution is -0.124. The van der Waals surface area contributed by atoms with Gasteiger partial charge in [-0.2, -0.15) is 17.5 Å². The van der Waals surface area contributed by atoms with Crippen LogP contribution < -0.4 is 5.32 Å². The largest absolute Gasteiger partial charge is 0.446 e. The van der Waals surface area contributed by atoms with Gasteiger partial charge in [-0.05, 0) is 48.2 Å². The van der Waals surface area contributed by atoms with E-state index in [9.17, 15) is 35.2 Å². The number of thioether (sulfide) groups is 1. The van der Waals surface area contributed by atoms with Crippen molar-refractivity contribution in [3.8, 4) is 11.3 Å². The van der Waals surface area contributed by atoms with Gasteiger partial charge in [-0.1, -0.05) is 18.2 Å². The number of rotatable bonds is 7. The molecule has 0 spiro atoms. The van der Waals surface area contributed by atoms with Crippen molar-refractivity contribution in [3.63, 3.8) is 0 Å². The monoisotopic (exact) mass is 558 g/mol. The molecule has 1 aliphatic heterocycles. The first-order valence-corrected chi connectivity index (χ1v) is 13.0. The standard InChI is InChI=1S/C23H19F5N4O3S2/c24-15-2-1-3-19(8-15)37(34,35)32-12-16(25)9-21(32)22(33)29-11-17-10-20(31-13-30-17)14-4-6-18(7-5-14)36-23(26,27)28/h1-8,10,13,16,21H,9,11-12H2,(H,29,33)/t16-,21+/m1/s1. The Balaban J connectivity index is 1.45. The van der Waals surface area contributed by atoms with E-state index in [2.05, 4.69) is 15.3 Å². The second-order valence-corrected chi connectivity index (χ2v) is 11.1. The van der Waals surface area contributed by atoms with Crippen molar-refractivity contribution >= 4 is 27.7 Å². The number of alkyl halides is 4. The number of amides is 1. The molecule has 0 saturated carbocycles. The number of hydrogen-bond acceptors (Lipinski definition) is 6. The molecular weight excluding hydrogens is 539 g/mol. The molecule has 4 rings (SSSR count). The number of benzene rings is 2. The van der Waals surface area contributed by atoms with Gasteiger partial charge in [0.05, 0.1) is 22.8 Å².